The van der Waals surface area contributed by atoms with Gasteiger partial charge in [-0.05, 0) is 32.9 Å². The molecule has 0 N–H and O–H groups in total. The molecule has 1 aliphatic rings. The standard InChI is InChI=1S/C8H16INO/c1-3-8(7-11-9)5-4-6-10(8)2/h3-7H2,1-2H3. The van der Waals surface area contributed by atoms with Gasteiger partial charge in [0.2, 0.25) is 0 Å². The second kappa shape index (κ2) is 4.05. The Labute approximate surface area is 83.0 Å². The number of likely N-dealkylation sites (tertiary alicyclic amines) is 1. The molecule has 0 aliphatic carbocycles. The van der Waals surface area contributed by atoms with Crippen LogP contribution in [0, 0.1) is 0 Å². The van der Waals surface area contributed by atoms with Crippen LogP contribution in [0.25, 0.3) is 0 Å². The summed E-state index contributed by atoms with van der Waals surface area (Å²) >= 11 is 1.99. The van der Waals surface area contributed by atoms with Crippen molar-refractivity contribution in [2.75, 3.05) is 20.2 Å². The third kappa shape index (κ3) is 1.87. The number of rotatable bonds is 3. The van der Waals surface area contributed by atoms with Crippen molar-refractivity contribution in [3.05, 3.63) is 0 Å². The van der Waals surface area contributed by atoms with E-state index in [0.717, 1.165) is 6.61 Å². The number of likely N-dealkylation sites (N-methyl/N-ethyl adjacent to an activating group) is 1. The minimum absolute atomic E-state index is 0.348. The van der Waals surface area contributed by atoms with Crippen LogP contribution in [0.5, 0.6) is 0 Å². The summed E-state index contributed by atoms with van der Waals surface area (Å²) in [6.45, 7) is 4.35. The highest BCUT2D eigenvalue weighted by Crippen LogP contribution is 2.31. The van der Waals surface area contributed by atoms with Gasteiger partial charge >= 0.3 is 0 Å². The van der Waals surface area contributed by atoms with E-state index >= 15 is 0 Å². The molecule has 0 spiro atoms. The summed E-state index contributed by atoms with van der Waals surface area (Å²) in [5, 5.41) is 0. The molecule has 0 bridgehead atoms. The first kappa shape index (κ1) is 9.74. The fourth-order valence-corrected chi connectivity index (χ4v) is 2.49. The molecule has 0 aromatic carbocycles. The van der Waals surface area contributed by atoms with E-state index in [2.05, 4.69) is 18.9 Å². The van der Waals surface area contributed by atoms with Crippen molar-refractivity contribution in [1.82, 2.24) is 4.90 Å². The molecule has 0 saturated carbocycles. The monoisotopic (exact) mass is 269 g/mol. The lowest BCUT2D eigenvalue weighted by molar-refractivity contribution is 0.116. The summed E-state index contributed by atoms with van der Waals surface area (Å²) in [6.07, 6.45) is 3.82. The summed E-state index contributed by atoms with van der Waals surface area (Å²) in [6, 6.07) is 0. The van der Waals surface area contributed by atoms with Gasteiger partial charge < -0.3 is 3.07 Å². The van der Waals surface area contributed by atoms with Gasteiger partial charge in [0.05, 0.1) is 6.61 Å². The normalized spacial score (nSPS) is 33.0. The van der Waals surface area contributed by atoms with Crippen molar-refractivity contribution in [2.45, 2.75) is 31.7 Å². The van der Waals surface area contributed by atoms with Crippen molar-refractivity contribution in [1.29, 1.82) is 0 Å². The molecule has 1 atom stereocenters. The molecule has 2 nitrogen and oxygen atoms in total. The van der Waals surface area contributed by atoms with Crippen LogP contribution in [0.15, 0.2) is 0 Å². The van der Waals surface area contributed by atoms with E-state index in [0.29, 0.717) is 5.54 Å². The molecule has 66 valence electrons. The SMILES string of the molecule is CCC1(COI)CCCN1C. The molecule has 1 aliphatic heterocycles. The van der Waals surface area contributed by atoms with E-state index in [1.54, 1.807) is 0 Å². The van der Waals surface area contributed by atoms with Crippen LogP contribution >= 0.6 is 23.0 Å². The highest BCUT2D eigenvalue weighted by Gasteiger charge is 2.36. The Bertz CT molecular complexity index is 131. The molecular weight excluding hydrogens is 253 g/mol. The average molecular weight is 269 g/mol. The lowest BCUT2D eigenvalue weighted by Crippen LogP contribution is -2.44. The van der Waals surface area contributed by atoms with Crippen molar-refractivity contribution in [3.63, 3.8) is 0 Å². The van der Waals surface area contributed by atoms with Crippen LogP contribution in [0.4, 0.5) is 0 Å². The van der Waals surface area contributed by atoms with Crippen LogP contribution in [0.1, 0.15) is 26.2 Å². The third-order valence-corrected chi connectivity index (χ3v) is 3.24. The highest BCUT2D eigenvalue weighted by molar-refractivity contribution is 14.1. The van der Waals surface area contributed by atoms with Crippen molar-refractivity contribution in [3.8, 4) is 0 Å². The lowest BCUT2D eigenvalue weighted by atomic mass is 9.94. The first-order valence-corrected chi connectivity index (χ1v) is 5.08. The Morgan fingerprint density at radius 1 is 1.64 bits per heavy atom. The molecule has 11 heavy (non-hydrogen) atoms. The van der Waals surface area contributed by atoms with E-state index in [1.165, 1.54) is 25.8 Å². The van der Waals surface area contributed by atoms with Crippen molar-refractivity contribution >= 4 is 23.0 Å². The van der Waals surface area contributed by atoms with Crippen LogP contribution in [0.3, 0.4) is 0 Å². The zero-order valence-electron chi connectivity index (χ0n) is 7.27. The summed E-state index contributed by atoms with van der Waals surface area (Å²) in [7, 11) is 2.20. The van der Waals surface area contributed by atoms with E-state index < -0.39 is 0 Å². The van der Waals surface area contributed by atoms with Crippen LogP contribution in [-0.2, 0) is 3.07 Å². The van der Waals surface area contributed by atoms with E-state index in [4.69, 9.17) is 3.07 Å². The van der Waals surface area contributed by atoms with E-state index in [1.807, 2.05) is 23.0 Å². The third-order valence-electron chi connectivity index (χ3n) is 2.93. The minimum atomic E-state index is 0.348. The van der Waals surface area contributed by atoms with E-state index in [9.17, 15) is 0 Å². The highest BCUT2D eigenvalue weighted by atomic mass is 127. The van der Waals surface area contributed by atoms with Crippen molar-refractivity contribution < 1.29 is 3.07 Å². The molecule has 3 heteroatoms. The van der Waals surface area contributed by atoms with Crippen molar-refractivity contribution in [2.24, 2.45) is 0 Å². The van der Waals surface area contributed by atoms with Gasteiger partial charge in [-0.3, -0.25) is 4.90 Å². The first-order valence-electron chi connectivity index (χ1n) is 4.20. The largest absolute Gasteiger partial charge is 0.314 e. The summed E-state index contributed by atoms with van der Waals surface area (Å²) in [4.78, 5) is 2.44. The number of hydrogen-bond acceptors (Lipinski definition) is 2. The van der Waals surface area contributed by atoms with Crippen LogP contribution in [-0.4, -0.2) is 30.6 Å². The molecule has 1 rings (SSSR count). The summed E-state index contributed by atoms with van der Waals surface area (Å²) in [5.41, 5.74) is 0.348. The fraction of sp³-hybridized carbons (Fsp3) is 1.00. The average Bonchev–Trinajstić information content (AvgIpc) is 2.35. The Hall–Kier alpha value is 0.650. The Morgan fingerprint density at radius 3 is 2.73 bits per heavy atom. The minimum Gasteiger partial charge on any atom is -0.314 e. The second-order valence-corrected chi connectivity index (χ2v) is 3.98. The molecule has 1 saturated heterocycles. The molecule has 1 unspecified atom stereocenters. The van der Waals surface area contributed by atoms with Gasteiger partial charge in [-0.25, -0.2) is 0 Å². The molecule has 0 amide bonds. The molecule has 0 aromatic rings. The molecular formula is C8H16INO. The van der Waals surface area contributed by atoms with Crippen LogP contribution < -0.4 is 0 Å². The summed E-state index contributed by atoms with van der Waals surface area (Å²) in [5.74, 6) is 0. The fourth-order valence-electron chi connectivity index (χ4n) is 1.91. The van der Waals surface area contributed by atoms with E-state index in [-0.39, 0.29) is 0 Å². The van der Waals surface area contributed by atoms with Crippen LogP contribution in [0.2, 0.25) is 0 Å². The second-order valence-electron chi connectivity index (χ2n) is 3.36. The first-order chi connectivity index (χ1) is 5.25. The smallest absolute Gasteiger partial charge is 0.109 e. The maximum Gasteiger partial charge on any atom is 0.109 e. The van der Waals surface area contributed by atoms with Gasteiger partial charge in [0, 0.05) is 5.54 Å². The Morgan fingerprint density at radius 2 is 2.36 bits per heavy atom. The number of nitrogens with zero attached hydrogens (tertiary/aromatic N) is 1. The van der Waals surface area contributed by atoms with Gasteiger partial charge in [-0.15, -0.1) is 0 Å². The molecule has 1 heterocycles. The lowest BCUT2D eigenvalue weighted by Gasteiger charge is -2.33. The predicted octanol–water partition coefficient (Wildman–Crippen LogP) is 2.23. The zero-order valence-corrected chi connectivity index (χ0v) is 9.43. The zero-order chi connectivity index (χ0) is 8.32. The number of hydrogen-bond donors (Lipinski definition) is 0. The van der Waals surface area contributed by atoms with Gasteiger partial charge in [0.15, 0.2) is 0 Å². The van der Waals surface area contributed by atoms with Gasteiger partial charge in [0.1, 0.15) is 23.0 Å². The predicted molar refractivity (Wildman–Crippen MR) is 54.9 cm³/mol. The van der Waals surface area contributed by atoms with Gasteiger partial charge in [-0.1, -0.05) is 6.92 Å². The van der Waals surface area contributed by atoms with Gasteiger partial charge in [0.25, 0.3) is 0 Å². The maximum absolute atomic E-state index is 5.22. The Balaban J connectivity index is 2.57. The molecule has 0 aromatic heterocycles. The quantitative estimate of drug-likeness (QED) is 0.728. The maximum atomic E-state index is 5.22. The summed E-state index contributed by atoms with van der Waals surface area (Å²) < 4.78 is 5.22. The Kier molecular flexibility index (Phi) is 3.58. The molecule has 1 fully saturated rings. The molecule has 0 radical (unpaired) electrons. The topological polar surface area (TPSA) is 12.5 Å². The van der Waals surface area contributed by atoms with Gasteiger partial charge in [-0.2, -0.15) is 0 Å². The number of halogens is 1.